The van der Waals surface area contributed by atoms with E-state index in [1.165, 1.54) is 50.5 Å². The zero-order valence-corrected chi connectivity index (χ0v) is 22.6. The summed E-state index contributed by atoms with van der Waals surface area (Å²) in [5.41, 5.74) is 3.60. The van der Waals surface area contributed by atoms with E-state index in [4.69, 9.17) is 4.42 Å². The number of fused-ring (bicyclic) bond motifs is 3. The van der Waals surface area contributed by atoms with Crippen LogP contribution >= 0.6 is 0 Å². The number of unbranched alkanes of at least 4 members (excludes halogenated alkanes) is 9. The third-order valence-corrected chi connectivity index (χ3v) is 7.56. The Hall–Kier alpha value is -2.94. The van der Waals surface area contributed by atoms with Gasteiger partial charge in [0.15, 0.2) is 11.4 Å². The van der Waals surface area contributed by atoms with Crippen molar-refractivity contribution in [2.75, 3.05) is 0 Å². The van der Waals surface area contributed by atoms with E-state index in [1.807, 2.05) is 30.3 Å². The van der Waals surface area contributed by atoms with Gasteiger partial charge in [-0.3, -0.25) is 0 Å². The average molecular weight is 501 g/mol. The van der Waals surface area contributed by atoms with E-state index in [2.05, 4.69) is 38.1 Å². The van der Waals surface area contributed by atoms with Crippen molar-refractivity contribution in [1.82, 2.24) is 0 Å². The van der Waals surface area contributed by atoms with Crippen LogP contribution in [0, 0.1) is 5.82 Å². The van der Waals surface area contributed by atoms with Crippen molar-refractivity contribution in [2.24, 2.45) is 0 Å². The number of benzene rings is 3. The minimum absolute atomic E-state index is 0.0768. The topological polar surface area (TPSA) is 30.2 Å². The van der Waals surface area contributed by atoms with Crippen molar-refractivity contribution < 1.29 is 8.81 Å². The average Bonchev–Trinajstić information content (AvgIpc) is 2.92. The highest BCUT2D eigenvalue weighted by Crippen LogP contribution is 2.30. The molecule has 0 atom stereocenters. The van der Waals surface area contributed by atoms with Crippen molar-refractivity contribution in [3.05, 3.63) is 82.0 Å². The maximum absolute atomic E-state index is 15.2. The molecule has 196 valence electrons. The number of hydrogen-bond donors (Lipinski definition) is 0. The van der Waals surface area contributed by atoms with Gasteiger partial charge in [0.2, 0.25) is 0 Å². The van der Waals surface area contributed by atoms with Crippen molar-refractivity contribution in [3.8, 4) is 11.1 Å². The van der Waals surface area contributed by atoms with Gasteiger partial charge < -0.3 is 4.42 Å². The van der Waals surface area contributed by atoms with Crippen LogP contribution in [-0.2, 0) is 12.8 Å². The number of rotatable bonds is 14. The van der Waals surface area contributed by atoms with Crippen molar-refractivity contribution in [1.29, 1.82) is 0 Å². The van der Waals surface area contributed by atoms with Gasteiger partial charge in [-0.15, -0.1) is 0 Å². The quantitative estimate of drug-likeness (QED) is 0.0979. The van der Waals surface area contributed by atoms with Gasteiger partial charge in [0.1, 0.15) is 0 Å². The Morgan fingerprint density at radius 2 is 1.22 bits per heavy atom. The fourth-order valence-corrected chi connectivity index (χ4v) is 5.27. The van der Waals surface area contributed by atoms with Gasteiger partial charge in [-0.1, -0.05) is 120 Å². The predicted molar refractivity (Wildman–Crippen MR) is 155 cm³/mol. The van der Waals surface area contributed by atoms with Crippen LogP contribution in [0.25, 0.3) is 32.9 Å². The molecular formula is C34H41FO2. The third kappa shape index (κ3) is 6.89. The van der Waals surface area contributed by atoms with Gasteiger partial charge in [0.25, 0.3) is 0 Å². The van der Waals surface area contributed by atoms with E-state index in [-0.39, 0.29) is 5.58 Å². The SMILES string of the molecule is CCCCCCCCCc1ccc(-c2ccc3c(c2)c(=O)oc2c(F)c(CCCCCC)ccc23)cc1. The maximum Gasteiger partial charge on any atom is 0.344 e. The largest absolute Gasteiger partial charge is 0.419 e. The highest BCUT2D eigenvalue weighted by Gasteiger charge is 2.15. The summed E-state index contributed by atoms with van der Waals surface area (Å²) in [7, 11) is 0. The molecule has 0 saturated heterocycles. The van der Waals surface area contributed by atoms with E-state index >= 15 is 4.39 Å². The van der Waals surface area contributed by atoms with E-state index in [0.29, 0.717) is 22.8 Å². The Morgan fingerprint density at radius 1 is 0.622 bits per heavy atom. The molecule has 0 fully saturated rings. The molecule has 3 aromatic carbocycles. The first-order valence-electron chi connectivity index (χ1n) is 14.4. The number of hydrogen-bond acceptors (Lipinski definition) is 2. The summed E-state index contributed by atoms with van der Waals surface area (Å²) >= 11 is 0. The lowest BCUT2D eigenvalue weighted by atomic mass is 9.97. The highest BCUT2D eigenvalue weighted by molar-refractivity contribution is 6.05. The molecule has 0 aliphatic rings. The van der Waals surface area contributed by atoms with Crippen LogP contribution in [-0.4, -0.2) is 0 Å². The molecule has 0 spiro atoms. The predicted octanol–water partition coefficient (Wildman–Crippen LogP) is 10.2. The lowest BCUT2D eigenvalue weighted by molar-refractivity contribution is 0.522. The molecule has 0 N–H and O–H groups in total. The first-order chi connectivity index (χ1) is 18.1. The molecule has 4 rings (SSSR count). The summed E-state index contributed by atoms with van der Waals surface area (Å²) in [5.74, 6) is -0.395. The number of halogens is 1. The second kappa shape index (κ2) is 13.6. The highest BCUT2D eigenvalue weighted by atomic mass is 19.1. The molecule has 4 aromatic rings. The van der Waals surface area contributed by atoms with E-state index in [1.54, 1.807) is 0 Å². The van der Waals surface area contributed by atoms with Gasteiger partial charge in [-0.05, 0) is 54.0 Å². The van der Waals surface area contributed by atoms with E-state index < -0.39 is 11.4 Å². The van der Waals surface area contributed by atoms with Crippen molar-refractivity contribution >= 4 is 21.7 Å². The fraction of sp³-hybridized carbons (Fsp3) is 0.441. The Balaban J connectivity index is 1.48. The van der Waals surface area contributed by atoms with Crippen LogP contribution < -0.4 is 5.63 Å². The molecule has 1 heterocycles. The van der Waals surface area contributed by atoms with Crippen LogP contribution in [0.15, 0.2) is 63.8 Å². The Kier molecular flexibility index (Phi) is 9.93. The molecule has 0 bridgehead atoms. The zero-order valence-electron chi connectivity index (χ0n) is 22.6. The van der Waals surface area contributed by atoms with Crippen LogP contribution in [0.4, 0.5) is 4.39 Å². The normalized spacial score (nSPS) is 11.5. The molecule has 0 radical (unpaired) electrons. The summed E-state index contributed by atoms with van der Waals surface area (Å²) < 4.78 is 20.8. The van der Waals surface area contributed by atoms with Gasteiger partial charge in [0, 0.05) is 10.8 Å². The molecule has 3 heteroatoms. The van der Waals surface area contributed by atoms with Crippen LogP contribution in [0.3, 0.4) is 0 Å². The standard InChI is InChI=1S/C34H41FO2/c1-3-5-7-9-10-11-12-14-25-16-18-26(19-17-25)28-21-22-29-30-23-20-27(15-13-8-6-4-2)32(35)33(30)37-34(36)31(29)24-28/h16-24H,3-15H2,1-2H3. The first kappa shape index (κ1) is 27.1. The molecule has 2 nitrogen and oxygen atoms in total. The molecule has 0 saturated carbocycles. The molecular weight excluding hydrogens is 459 g/mol. The van der Waals surface area contributed by atoms with Gasteiger partial charge in [-0.2, -0.15) is 0 Å². The van der Waals surface area contributed by atoms with Crippen molar-refractivity contribution in [2.45, 2.75) is 97.3 Å². The van der Waals surface area contributed by atoms with Crippen LogP contribution in [0.1, 0.15) is 95.6 Å². The zero-order chi connectivity index (χ0) is 26.0. The Morgan fingerprint density at radius 3 is 1.95 bits per heavy atom. The monoisotopic (exact) mass is 500 g/mol. The molecule has 0 aliphatic heterocycles. The molecule has 0 unspecified atom stereocenters. The smallest absolute Gasteiger partial charge is 0.344 e. The third-order valence-electron chi connectivity index (χ3n) is 7.56. The lowest BCUT2D eigenvalue weighted by Crippen LogP contribution is -2.03. The number of aryl methyl sites for hydroxylation is 2. The van der Waals surface area contributed by atoms with Gasteiger partial charge >= 0.3 is 5.63 Å². The fourth-order valence-electron chi connectivity index (χ4n) is 5.27. The summed E-state index contributed by atoms with van der Waals surface area (Å²) in [5, 5.41) is 1.88. The van der Waals surface area contributed by atoms with Crippen LogP contribution in [0.2, 0.25) is 0 Å². The van der Waals surface area contributed by atoms with E-state index in [9.17, 15) is 4.79 Å². The maximum atomic E-state index is 15.2. The van der Waals surface area contributed by atoms with Gasteiger partial charge in [-0.25, -0.2) is 9.18 Å². The lowest BCUT2D eigenvalue weighted by Gasteiger charge is -2.10. The summed E-state index contributed by atoms with van der Waals surface area (Å²) in [6.45, 7) is 4.42. The van der Waals surface area contributed by atoms with Crippen LogP contribution in [0.5, 0.6) is 0 Å². The molecule has 37 heavy (non-hydrogen) atoms. The minimum atomic E-state index is -0.484. The summed E-state index contributed by atoms with van der Waals surface area (Å²) in [6.07, 6.45) is 15.3. The summed E-state index contributed by atoms with van der Waals surface area (Å²) in [6, 6.07) is 18.2. The second-order valence-corrected chi connectivity index (χ2v) is 10.4. The van der Waals surface area contributed by atoms with Gasteiger partial charge in [0.05, 0.1) is 5.39 Å². The Labute approximate surface area is 220 Å². The molecule has 0 aliphatic carbocycles. The minimum Gasteiger partial charge on any atom is -0.419 e. The molecule has 0 amide bonds. The Bertz CT molecular complexity index is 1350. The van der Waals surface area contributed by atoms with E-state index in [0.717, 1.165) is 48.6 Å². The summed E-state index contributed by atoms with van der Waals surface area (Å²) in [4.78, 5) is 12.9. The van der Waals surface area contributed by atoms with Crippen molar-refractivity contribution in [3.63, 3.8) is 0 Å². The first-order valence-corrected chi connectivity index (χ1v) is 14.4. The second-order valence-electron chi connectivity index (χ2n) is 10.4. The molecule has 1 aromatic heterocycles.